The standard InChI is InChI=1S/C26H29ClN4/c1-2-13-31-14-11-21(12-15-31)29-26-28-17-19-16-24(18-7-9-20(27)10-8-18)22-5-3-4-6-23(22)25(19)30-26/h3-10,17,21,24H,2,11-16H2,1H3,(H,28,29,30). The van der Waals surface area contributed by atoms with Crippen molar-refractivity contribution in [2.75, 3.05) is 25.0 Å². The van der Waals surface area contributed by atoms with Crippen LogP contribution in [0.15, 0.2) is 54.7 Å². The van der Waals surface area contributed by atoms with Gasteiger partial charge in [-0.25, -0.2) is 9.97 Å². The number of anilines is 1. The lowest BCUT2D eigenvalue weighted by molar-refractivity contribution is 0.219. The fraction of sp³-hybridized carbons (Fsp3) is 0.385. The smallest absolute Gasteiger partial charge is 0.223 e. The van der Waals surface area contributed by atoms with Crippen molar-refractivity contribution in [3.05, 3.63) is 76.4 Å². The van der Waals surface area contributed by atoms with Crippen LogP contribution in [0.2, 0.25) is 5.02 Å². The molecule has 160 valence electrons. The minimum absolute atomic E-state index is 0.297. The number of likely N-dealkylation sites (tertiary alicyclic amines) is 1. The molecule has 2 aliphatic rings. The molecule has 1 saturated heterocycles. The van der Waals surface area contributed by atoms with E-state index in [1.165, 1.54) is 35.2 Å². The lowest BCUT2D eigenvalue weighted by Crippen LogP contribution is -2.39. The monoisotopic (exact) mass is 432 g/mol. The number of halogens is 1. The Kier molecular flexibility index (Phi) is 5.93. The molecule has 2 heterocycles. The van der Waals surface area contributed by atoms with Gasteiger partial charge in [0, 0.05) is 41.8 Å². The molecule has 5 rings (SSSR count). The quantitative estimate of drug-likeness (QED) is 0.555. The zero-order valence-electron chi connectivity index (χ0n) is 18.0. The molecule has 0 bridgehead atoms. The first-order chi connectivity index (χ1) is 15.2. The van der Waals surface area contributed by atoms with Gasteiger partial charge in [0.15, 0.2) is 0 Å². The Morgan fingerprint density at radius 3 is 2.61 bits per heavy atom. The second-order valence-electron chi connectivity index (χ2n) is 8.72. The van der Waals surface area contributed by atoms with Crippen LogP contribution in [0.3, 0.4) is 0 Å². The van der Waals surface area contributed by atoms with E-state index in [4.69, 9.17) is 21.6 Å². The first-order valence-electron chi connectivity index (χ1n) is 11.4. The van der Waals surface area contributed by atoms with Gasteiger partial charge in [-0.1, -0.05) is 54.9 Å². The van der Waals surface area contributed by atoms with Crippen LogP contribution in [-0.4, -0.2) is 40.5 Å². The minimum Gasteiger partial charge on any atom is -0.351 e. The summed E-state index contributed by atoms with van der Waals surface area (Å²) in [6.07, 6.45) is 6.45. The molecular formula is C26H29ClN4. The van der Waals surface area contributed by atoms with Crippen molar-refractivity contribution < 1.29 is 0 Å². The summed E-state index contributed by atoms with van der Waals surface area (Å²) >= 11 is 6.12. The Balaban J connectivity index is 1.39. The van der Waals surface area contributed by atoms with Crippen molar-refractivity contribution in [2.45, 2.75) is 44.6 Å². The van der Waals surface area contributed by atoms with Gasteiger partial charge >= 0.3 is 0 Å². The van der Waals surface area contributed by atoms with Crippen LogP contribution >= 0.6 is 11.6 Å². The first-order valence-corrected chi connectivity index (χ1v) is 11.8. The summed E-state index contributed by atoms with van der Waals surface area (Å²) in [6, 6.07) is 17.3. The molecule has 31 heavy (non-hydrogen) atoms. The number of fused-ring (bicyclic) bond motifs is 3. The van der Waals surface area contributed by atoms with Gasteiger partial charge in [0.25, 0.3) is 0 Å². The SMILES string of the molecule is CCCN1CCC(Nc2ncc3c(n2)-c2ccccc2C(c2ccc(Cl)cc2)C3)CC1. The van der Waals surface area contributed by atoms with Crippen LogP contribution in [-0.2, 0) is 6.42 Å². The second kappa shape index (κ2) is 8.97. The Morgan fingerprint density at radius 2 is 1.84 bits per heavy atom. The average Bonchev–Trinajstić information content (AvgIpc) is 2.81. The summed E-state index contributed by atoms with van der Waals surface area (Å²) in [5.41, 5.74) is 6.11. The van der Waals surface area contributed by atoms with Gasteiger partial charge < -0.3 is 10.2 Å². The van der Waals surface area contributed by atoms with Gasteiger partial charge in [0.2, 0.25) is 5.95 Å². The number of piperidine rings is 1. The number of rotatable bonds is 5. The topological polar surface area (TPSA) is 41.0 Å². The van der Waals surface area contributed by atoms with E-state index in [0.29, 0.717) is 12.0 Å². The van der Waals surface area contributed by atoms with Crippen molar-refractivity contribution in [2.24, 2.45) is 0 Å². The molecule has 0 saturated carbocycles. The molecule has 1 aliphatic heterocycles. The second-order valence-corrected chi connectivity index (χ2v) is 9.16. The number of hydrogen-bond acceptors (Lipinski definition) is 4. The molecule has 1 unspecified atom stereocenters. The number of hydrogen-bond donors (Lipinski definition) is 1. The third kappa shape index (κ3) is 4.32. The van der Waals surface area contributed by atoms with Crippen molar-refractivity contribution in [3.63, 3.8) is 0 Å². The Morgan fingerprint density at radius 1 is 1.06 bits per heavy atom. The van der Waals surface area contributed by atoms with E-state index < -0.39 is 0 Å². The maximum absolute atomic E-state index is 6.12. The summed E-state index contributed by atoms with van der Waals surface area (Å²) in [6.45, 7) is 5.76. The molecule has 1 aromatic heterocycles. The van der Waals surface area contributed by atoms with E-state index in [0.717, 1.165) is 49.0 Å². The molecule has 0 amide bonds. The Hall–Kier alpha value is -2.43. The van der Waals surface area contributed by atoms with Gasteiger partial charge in [-0.3, -0.25) is 0 Å². The first kappa shape index (κ1) is 20.5. The zero-order chi connectivity index (χ0) is 21.2. The van der Waals surface area contributed by atoms with Crippen molar-refractivity contribution in [1.82, 2.24) is 14.9 Å². The van der Waals surface area contributed by atoms with E-state index in [1.807, 2.05) is 18.3 Å². The molecule has 0 radical (unpaired) electrons. The maximum Gasteiger partial charge on any atom is 0.223 e. The molecule has 5 heteroatoms. The highest BCUT2D eigenvalue weighted by molar-refractivity contribution is 6.30. The van der Waals surface area contributed by atoms with E-state index in [-0.39, 0.29) is 0 Å². The van der Waals surface area contributed by atoms with Gasteiger partial charge in [-0.2, -0.15) is 0 Å². The summed E-state index contributed by atoms with van der Waals surface area (Å²) < 4.78 is 0. The van der Waals surface area contributed by atoms with Crippen LogP contribution in [0, 0.1) is 0 Å². The maximum atomic E-state index is 6.12. The van der Waals surface area contributed by atoms with Crippen molar-refractivity contribution in [1.29, 1.82) is 0 Å². The molecule has 2 aromatic carbocycles. The molecule has 4 nitrogen and oxygen atoms in total. The number of nitrogens with one attached hydrogen (secondary N) is 1. The highest BCUT2D eigenvalue weighted by atomic mass is 35.5. The third-order valence-electron chi connectivity index (χ3n) is 6.61. The van der Waals surface area contributed by atoms with Crippen LogP contribution in [0.25, 0.3) is 11.3 Å². The highest BCUT2D eigenvalue weighted by Gasteiger charge is 2.28. The van der Waals surface area contributed by atoms with Crippen LogP contribution < -0.4 is 5.32 Å². The van der Waals surface area contributed by atoms with E-state index >= 15 is 0 Å². The molecule has 1 aliphatic carbocycles. The van der Waals surface area contributed by atoms with Gasteiger partial charge in [-0.05, 0) is 61.1 Å². The zero-order valence-corrected chi connectivity index (χ0v) is 18.8. The van der Waals surface area contributed by atoms with E-state index in [9.17, 15) is 0 Å². The van der Waals surface area contributed by atoms with Gasteiger partial charge in [0.05, 0.1) is 5.69 Å². The molecular weight excluding hydrogens is 404 g/mol. The summed E-state index contributed by atoms with van der Waals surface area (Å²) in [4.78, 5) is 12.2. The molecule has 3 aromatic rings. The largest absolute Gasteiger partial charge is 0.351 e. The van der Waals surface area contributed by atoms with Gasteiger partial charge in [-0.15, -0.1) is 0 Å². The summed E-state index contributed by atoms with van der Waals surface area (Å²) in [5, 5.41) is 4.38. The molecule has 1 atom stereocenters. The number of aromatic nitrogens is 2. The van der Waals surface area contributed by atoms with Crippen molar-refractivity contribution >= 4 is 17.5 Å². The predicted molar refractivity (Wildman–Crippen MR) is 128 cm³/mol. The van der Waals surface area contributed by atoms with E-state index in [2.05, 4.69) is 53.5 Å². The Labute approximate surface area is 189 Å². The summed E-state index contributed by atoms with van der Waals surface area (Å²) in [7, 11) is 0. The molecule has 0 spiro atoms. The predicted octanol–water partition coefficient (Wildman–Crippen LogP) is 5.77. The van der Waals surface area contributed by atoms with E-state index in [1.54, 1.807) is 0 Å². The average molecular weight is 433 g/mol. The van der Waals surface area contributed by atoms with Crippen molar-refractivity contribution in [3.8, 4) is 11.3 Å². The van der Waals surface area contributed by atoms with Crippen LogP contribution in [0.4, 0.5) is 5.95 Å². The fourth-order valence-electron chi connectivity index (χ4n) is 5.00. The lowest BCUT2D eigenvalue weighted by Gasteiger charge is -2.32. The minimum atomic E-state index is 0.297. The van der Waals surface area contributed by atoms with Crippen LogP contribution in [0.5, 0.6) is 0 Å². The fourth-order valence-corrected chi connectivity index (χ4v) is 5.12. The lowest BCUT2D eigenvalue weighted by atomic mass is 9.78. The molecule has 1 fully saturated rings. The summed E-state index contributed by atoms with van der Waals surface area (Å²) in [5.74, 6) is 1.05. The number of nitrogens with zero attached hydrogens (tertiary/aromatic N) is 3. The Bertz CT molecular complexity index is 1040. The van der Waals surface area contributed by atoms with Crippen LogP contribution in [0.1, 0.15) is 48.8 Å². The highest BCUT2D eigenvalue weighted by Crippen LogP contribution is 2.42. The van der Waals surface area contributed by atoms with Gasteiger partial charge in [0.1, 0.15) is 0 Å². The molecule has 1 N–H and O–H groups in total. The normalized spacial score (nSPS) is 19.0. The third-order valence-corrected chi connectivity index (χ3v) is 6.86. The number of benzene rings is 2.